The highest BCUT2D eigenvalue weighted by Gasteiger charge is 2.09. The van der Waals surface area contributed by atoms with Gasteiger partial charge in [0.05, 0.1) is 6.54 Å². The molecule has 1 N–H and O–H groups in total. The molecule has 0 aliphatic rings. The lowest BCUT2D eigenvalue weighted by atomic mass is 10.2. The first-order valence-corrected chi connectivity index (χ1v) is 8.09. The fraction of sp³-hybridized carbons (Fsp3) is 0.0556. The van der Waals surface area contributed by atoms with Crippen LogP contribution >= 0.6 is 15.9 Å². The smallest absolute Gasteiger partial charge is 0.246 e. The van der Waals surface area contributed by atoms with Gasteiger partial charge in [0.2, 0.25) is 17.6 Å². The maximum Gasteiger partial charge on any atom is 0.246 e. The predicted molar refractivity (Wildman–Crippen MR) is 94.8 cm³/mol. The number of hydrogen-bond acceptors (Lipinski definition) is 4. The van der Waals surface area contributed by atoms with Crippen LogP contribution in [0.15, 0.2) is 69.7 Å². The van der Waals surface area contributed by atoms with Crippen molar-refractivity contribution in [3.63, 3.8) is 0 Å². The number of carbonyl (C=O) groups excluding carboxylic acids is 1. The Morgan fingerprint density at radius 2 is 2.00 bits per heavy atom. The minimum absolute atomic E-state index is 0.180. The molecule has 0 spiro atoms. The van der Waals surface area contributed by atoms with Crippen molar-refractivity contribution in [2.75, 3.05) is 0 Å². The van der Waals surface area contributed by atoms with Gasteiger partial charge in [-0.1, -0.05) is 63.6 Å². The molecule has 0 saturated heterocycles. The van der Waals surface area contributed by atoms with Crippen molar-refractivity contribution in [1.29, 1.82) is 0 Å². The Morgan fingerprint density at radius 3 is 2.79 bits per heavy atom. The van der Waals surface area contributed by atoms with E-state index in [-0.39, 0.29) is 12.5 Å². The van der Waals surface area contributed by atoms with E-state index in [1.165, 1.54) is 6.08 Å². The van der Waals surface area contributed by atoms with Crippen LogP contribution in [0.4, 0.5) is 0 Å². The van der Waals surface area contributed by atoms with Crippen LogP contribution in [-0.2, 0) is 11.3 Å². The van der Waals surface area contributed by atoms with Gasteiger partial charge < -0.3 is 9.84 Å². The highest BCUT2D eigenvalue weighted by molar-refractivity contribution is 9.10. The van der Waals surface area contributed by atoms with E-state index in [9.17, 15) is 4.79 Å². The Kier molecular flexibility index (Phi) is 5.18. The lowest BCUT2D eigenvalue weighted by molar-refractivity contribution is -0.116. The minimum atomic E-state index is -0.221. The van der Waals surface area contributed by atoms with Crippen LogP contribution in [0.5, 0.6) is 0 Å². The number of nitrogens with zero attached hydrogens (tertiary/aromatic N) is 2. The van der Waals surface area contributed by atoms with Gasteiger partial charge in [0.25, 0.3) is 0 Å². The van der Waals surface area contributed by atoms with Gasteiger partial charge in [-0.2, -0.15) is 4.98 Å². The van der Waals surface area contributed by atoms with Crippen molar-refractivity contribution in [2.45, 2.75) is 6.54 Å². The molecule has 1 amide bonds. The molecule has 6 heteroatoms. The van der Waals surface area contributed by atoms with Gasteiger partial charge in [-0.3, -0.25) is 4.79 Å². The van der Waals surface area contributed by atoms with Gasteiger partial charge in [-0.25, -0.2) is 0 Å². The lowest BCUT2D eigenvalue weighted by Crippen LogP contribution is -2.20. The molecule has 0 bridgehead atoms. The van der Waals surface area contributed by atoms with Crippen LogP contribution < -0.4 is 5.32 Å². The average Bonchev–Trinajstić information content (AvgIpc) is 3.08. The third kappa shape index (κ3) is 4.39. The first kappa shape index (κ1) is 16.1. The Balaban J connectivity index is 1.57. The van der Waals surface area contributed by atoms with Gasteiger partial charge in [-0.15, -0.1) is 0 Å². The summed E-state index contributed by atoms with van der Waals surface area (Å²) in [6.07, 6.45) is 3.22. The van der Waals surface area contributed by atoms with E-state index in [0.29, 0.717) is 11.7 Å². The van der Waals surface area contributed by atoms with Crippen LogP contribution in [0.25, 0.3) is 17.5 Å². The average molecular weight is 384 g/mol. The van der Waals surface area contributed by atoms with E-state index >= 15 is 0 Å². The maximum absolute atomic E-state index is 11.8. The van der Waals surface area contributed by atoms with Crippen molar-refractivity contribution in [3.8, 4) is 11.4 Å². The van der Waals surface area contributed by atoms with E-state index < -0.39 is 0 Å². The normalized spacial score (nSPS) is 10.9. The summed E-state index contributed by atoms with van der Waals surface area (Å²) >= 11 is 3.40. The summed E-state index contributed by atoms with van der Waals surface area (Å²) in [7, 11) is 0. The van der Waals surface area contributed by atoms with Gasteiger partial charge in [-0.05, 0) is 23.8 Å². The molecule has 1 aromatic heterocycles. The van der Waals surface area contributed by atoms with E-state index in [2.05, 4.69) is 31.4 Å². The fourth-order valence-corrected chi connectivity index (χ4v) is 2.43. The summed E-state index contributed by atoms with van der Waals surface area (Å²) < 4.78 is 6.09. The number of rotatable bonds is 5. The quantitative estimate of drug-likeness (QED) is 0.679. The summed E-state index contributed by atoms with van der Waals surface area (Å²) in [6, 6.07) is 17.2. The second kappa shape index (κ2) is 7.70. The molecule has 5 nitrogen and oxygen atoms in total. The molecular formula is C18H14BrN3O2. The number of amides is 1. The summed E-state index contributed by atoms with van der Waals surface area (Å²) in [5.74, 6) is 0.618. The van der Waals surface area contributed by atoms with E-state index in [4.69, 9.17) is 4.52 Å². The maximum atomic E-state index is 11.8. The highest BCUT2D eigenvalue weighted by Crippen LogP contribution is 2.20. The second-order valence-electron chi connectivity index (χ2n) is 4.98. The zero-order chi connectivity index (χ0) is 16.8. The summed E-state index contributed by atoms with van der Waals surface area (Å²) in [4.78, 5) is 16.1. The van der Waals surface area contributed by atoms with Gasteiger partial charge in [0, 0.05) is 16.1 Å². The van der Waals surface area contributed by atoms with Crippen molar-refractivity contribution >= 4 is 27.9 Å². The Hall–Kier alpha value is -2.73. The summed E-state index contributed by atoms with van der Waals surface area (Å²) in [5, 5.41) is 6.64. The minimum Gasteiger partial charge on any atom is -0.343 e. The molecular weight excluding hydrogens is 370 g/mol. The van der Waals surface area contributed by atoms with E-state index in [1.54, 1.807) is 6.08 Å². The molecule has 2 aromatic carbocycles. The van der Waals surface area contributed by atoms with Gasteiger partial charge in [0.15, 0.2) is 0 Å². The first-order chi connectivity index (χ1) is 11.7. The molecule has 24 heavy (non-hydrogen) atoms. The molecule has 1 heterocycles. The summed E-state index contributed by atoms with van der Waals surface area (Å²) in [6.45, 7) is 0.180. The second-order valence-corrected chi connectivity index (χ2v) is 5.90. The molecule has 0 aliphatic heterocycles. The molecule has 3 aromatic rings. The van der Waals surface area contributed by atoms with Crippen molar-refractivity contribution in [3.05, 3.63) is 76.6 Å². The molecule has 0 unspecified atom stereocenters. The number of carbonyl (C=O) groups is 1. The van der Waals surface area contributed by atoms with Crippen LogP contribution in [0.2, 0.25) is 0 Å². The monoisotopic (exact) mass is 383 g/mol. The number of hydrogen-bond donors (Lipinski definition) is 1. The van der Waals surface area contributed by atoms with Crippen LogP contribution in [-0.4, -0.2) is 16.0 Å². The van der Waals surface area contributed by atoms with Crippen LogP contribution in [0.1, 0.15) is 11.5 Å². The van der Waals surface area contributed by atoms with E-state index in [1.807, 2.05) is 54.6 Å². The molecule has 0 atom stereocenters. The SMILES string of the molecule is O=C(/C=C/c1ccccc1)NCc1nc(-c2cccc(Br)c2)no1. The van der Waals surface area contributed by atoms with Crippen molar-refractivity contribution in [2.24, 2.45) is 0 Å². The van der Waals surface area contributed by atoms with Gasteiger partial charge >= 0.3 is 0 Å². The zero-order valence-electron chi connectivity index (χ0n) is 12.6. The third-order valence-electron chi connectivity index (χ3n) is 3.19. The molecule has 0 radical (unpaired) electrons. The number of benzene rings is 2. The molecule has 0 saturated carbocycles. The molecule has 120 valence electrons. The Morgan fingerprint density at radius 1 is 1.17 bits per heavy atom. The largest absolute Gasteiger partial charge is 0.343 e. The topological polar surface area (TPSA) is 68.0 Å². The van der Waals surface area contributed by atoms with Crippen LogP contribution in [0.3, 0.4) is 0 Å². The molecule has 3 rings (SSSR count). The zero-order valence-corrected chi connectivity index (χ0v) is 14.2. The highest BCUT2D eigenvalue weighted by atomic mass is 79.9. The summed E-state index contributed by atoms with van der Waals surface area (Å²) in [5.41, 5.74) is 1.80. The predicted octanol–water partition coefficient (Wildman–Crippen LogP) is 3.83. The fourth-order valence-electron chi connectivity index (χ4n) is 2.03. The van der Waals surface area contributed by atoms with Crippen molar-refractivity contribution in [1.82, 2.24) is 15.5 Å². The number of nitrogens with one attached hydrogen (secondary N) is 1. The molecule has 0 aliphatic carbocycles. The van der Waals surface area contributed by atoms with Gasteiger partial charge in [0.1, 0.15) is 0 Å². The molecule has 0 fully saturated rings. The third-order valence-corrected chi connectivity index (χ3v) is 3.68. The Labute approximate surface area is 147 Å². The van der Waals surface area contributed by atoms with Crippen LogP contribution in [0, 0.1) is 0 Å². The van der Waals surface area contributed by atoms with Crippen molar-refractivity contribution < 1.29 is 9.32 Å². The first-order valence-electron chi connectivity index (χ1n) is 7.30. The Bertz CT molecular complexity index is 859. The number of aromatic nitrogens is 2. The van der Waals surface area contributed by atoms with E-state index in [0.717, 1.165) is 15.6 Å². The standard InChI is InChI=1S/C18H14BrN3O2/c19-15-8-4-7-14(11-15)18-21-17(24-22-18)12-20-16(23)10-9-13-5-2-1-3-6-13/h1-11H,12H2,(H,20,23)/b10-9+. The number of halogens is 1. The lowest BCUT2D eigenvalue weighted by Gasteiger charge is -1.97.